The van der Waals surface area contributed by atoms with Crippen molar-refractivity contribution in [3.63, 3.8) is 0 Å². The minimum atomic E-state index is -0.235. The minimum absolute atomic E-state index is 0.109. The summed E-state index contributed by atoms with van der Waals surface area (Å²) in [6.45, 7) is 5.82. The largest absolute Gasteiger partial charge is 0.443 e. The van der Waals surface area contributed by atoms with Crippen molar-refractivity contribution in [2.24, 2.45) is 5.92 Å². The van der Waals surface area contributed by atoms with Crippen LogP contribution in [0.25, 0.3) is 16.7 Å². The zero-order chi connectivity index (χ0) is 16.8. The van der Waals surface area contributed by atoms with Crippen LogP contribution < -0.4 is 5.32 Å². The number of carbonyl (C=O) groups excluding carboxylic acids is 1. The van der Waals surface area contributed by atoms with Gasteiger partial charge in [-0.05, 0) is 33.6 Å². The molecule has 126 valence electrons. The van der Waals surface area contributed by atoms with Crippen molar-refractivity contribution in [3.8, 4) is 0 Å². The van der Waals surface area contributed by atoms with Crippen molar-refractivity contribution in [3.05, 3.63) is 23.5 Å². The number of rotatable bonds is 3. The third-order valence-corrected chi connectivity index (χ3v) is 4.99. The molecule has 1 N–H and O–H groups in total. The lowest BCUT2D eigenvalue weighted by Gasteiger charge is -2.14. The van der Waals surface area contributed by atoms with E-state index >= 15 is 0 Å². The molecule has 1 atom stereocenters. The summed E-state index contributed by atoms with van der Waals surface area (Å²) in [5, 5.41) is 8.40. The number of aryl methyl sites for hydroxylation is 2. The number of amides is 1. The van der Waals surface area contributed by atoms with Gasteiger partial charge in [-0.15, -0.1) is 5.10 Å². The third kappa shape index (κ3) is 2.35. The fourth-order valence-corrected chi connectivity index (χ4v) is 3.43. The highest BCUT2D eigenvalue weighted by Crippen LogP contribution is 2.27. The van der Waals surface area contributed by atoms with E-state index in [-0.39, 0.29) is 17.9 Å². The summed E-state index contributed by atoms with van der Waals surface area (Å²) in [5.74, 6) is 1.67. The number of aromatic nitrogens is 4. The maximum Gasteiger partial charge on any atom is 0.231 e. The standard InChI is InChI=1S/C17H21N5O2/c1-9-11(3)24-17-13(9)15-20-14(21-22(15)8-18-17)10(2)19-16(23)12-6-4-5-7-12/h8,10,12H,4-7H2,1-3H3,(H,19,23)/t10-/m0/s1. The Kier molecular flexibility index (Phi) is 3.51. The molecule has 0 bridgehead atoms. The first-order valence-corrected chi connectivity index (χ1v) is 8.46. The molecule has 1 aliphatic rings. The van der Waals surface area contributed by atoms with Crippen LogP contribution in [0.2, 0.25) is 0 Å². The molecule has 0 spiro atoms. The van der Waals surface area contributed by atoms with Crippen molar-refractivity contribution in [1.29, 1.82) is 0 Å². The van der Waals surface area contributed by atoms with Gasteiger partial charge in [-0.1, -0.05) is 12.8 Å². The van der Waals surface area contributed by atoms with Gasteiger partial charge in [0.2, 0.25) is 11.6 Å². The van der Waals surface area contributed by atoms with Crippen molar-refractivity contribution in [1.82, 2.24) is 24.9 Å². The molecule has 1 fully saturated rings. The van der Waals surface area contributed by atoms with Crippen molar-refractivity contribution < 1.29 is 9.21 Å². The van der Waals surface area contributed by atoms with E-state index in [2.05, 4.69) is 20.4 Å². The first kappa shape index (κ1) is 15.1. The molecule has 0 saturated heterocycles. The molecular weight excluding hydrogens is 306 g/mol. The SMILES string of the molecule is Cc1oc2ncn3nc([C@H](C)NC(=O)C4CCCC4)nc3c2c1C. The molecule has 7 heteroatoms. The molecule has 0 aromatic carbocycles. The first-order valence-electron chi connectivity index (χ1n) is 8.46. The van der Waals surface area contributed by atoms with E-state index in [0.29, 0.717) is 17.2 Å². The summed E-state index contributed by atoms with van der Waals surface area (Å²) < 4.78 is 7.30. The summed E-state index contributed by atoms with van der Waals surface area (Å²) >= 11 is 0. The van der Waals surface area contributed by atoms with Crippen LogP contribution in [-0.2, 0) is 4.79 Å². The molecule has 7 nitrogen and oxygen atoms in total. The smallest absolute Gasteiger partial charge is 0.231 e. The Morgan fingerprint density at radius 2 is 2.12 bits per heavy atom. The van der Waals surface area contributed by atoms with E-state index in [1.54, 1.807) is 10.8 Å². The molecule has 1 aliphatic carbocycles. The van der Waals surface area contributed by atoms with Gasteiger partial charge in [-0.3, -0.25) is 4.79 Å². The number of nitrogens with one attached hydrogen (secondary N) is 1. The number of nitrogens with zero attached hydrogens (tertiary/aromatic N) is 4. The number of furan rings is 1. The number of hydrogen-bond donors (Lipinski definition) is 1. The highest BCUT2D eigenvalue weighted by molar-refractivity contribution is 5.91. The maximum absolute atomic E-state index is 12.3. The van der Waals surface area contributed by atoms with Gasteiger partial charge < -0.3 is 9.73 Å². The van der Waals surface area contributed by atoms with E-state index in [9.17, 15) is 4.79 Å². The molecule has 4 rings (SSSR count). The van der Waals surface area contributed by atoms with Gasteiger partial charge in [0.15, 0.2) is 11.5 Å². The fraction of sp³-hybridized carbons (Fsp3) is 0.529. The Balaban J connectivity index is 1.66. The van der Waals surface area contributed by atoms with Crippen molar-refractivity contribution in [2.75, 3.05) is 0 Å². The second kappa shape index (κ2) is 5.58. The zero-order valence-corrected chi connectivity index (χ0v) is 14.2. The Labute approximate surface area is 139 Å². The van der Waals surface area contributed by atoms with E-state index in [1.165, 1.54) is 0 Å². The topological polar surface area (TPSA) is 85.3 Å². The molecule has 3 aromatic rings. The third-order valence-electron chi connectivity index (χ3n) is 4.99. The molecular formula is C17H21N5O2. The highest BCUT2D eigenvalue weighted by Gasteiger charge is 2.25. The van der Waals surface area contributed by atoms with E-state index in [4.69, 9.17) is 4.42 Å². The predicted molar refractivity (Wildman–Crippen MR) is 88.5 cm³/mol. The van der Waals surface area contributed by atoms with Crippen LogP contribution in [0.4, 0.5) is 0 Å². The normalized spacial score (nSPS) is 17.0. The van der Waals surface area contributed by atoms with Crippen LogP contribution in [0.5, 0.6) is 0 Å². The Morgan fingerprint density at radius 3 is 2.88 bits per heavy atom. The second-order valence-electron chi connectivity index (χ2n) is 6.66. The van der Waals surface area contributed by atoms with Crippen LogP contribution in [0.15, 0.2) is 10.7 Å². The summed E-state index contributed by atoms with van der Waals surface area (Å²) in [4.78, 5) is 21.2. The average molecular weight is 327 g/mol. The summed E-state index contributed by atoms with van der Waals surface area (Å²) in [6.07, 6.45) is 5.84. The average Bonchev–Trinajstić information content (AvgIpc) is 3.27. The molecule has 0 radical (unpaired) electrons. The van der Waals surface area contributed by atoms with Crippen molar-refractivity contribution in [2.45, 2.75) is 52.5 Å². The van der Waals surface area contributed by atoms with Crippen LogP contribution in [-0.4, -0.2) is 25.5 Å². The Bertz CT molecular complexity index is 920. The summed E-state index contributed by atoms with van der Waals surface area (Å²) in [5.41, 5.74) is 2.30. The van der Waals surface area contributed by atoms with Gasteiger partial charge in [0, 0.05) is 11.5 Å². The van der Waals surface area contributed by atoms with Crippen LogP contribution >= 0.6 is 0 Å². The molecule has 1 saturated carbocycles. The van der Waals surface area contributed by atoms with Crippen LogP contribution in [0, 0.1) is 19.8 Å². The number of fused-ring (bicyclic) bond motifs is 3. The molecule has 3 aromatic heterocycles. The van der Waals surface area contributed by atoms with E-state index in [1.807, 2.05) is 20.8 Å². The Hall–Kier alpha value is -2.44. The zero-order valence-electron chi connectivity index (χ0n) is 14.2. The van der Waals surface area contributed by atoms with Gasteiger partial charge >= 0.3 is 0 Å². The molecule has 0 unspecified atom stereocenters. The van der Waals surface area contributed by atoms with Gasteiger partial charge in [-0.25, -0.2) is 14.5 Å². The van der Waals surface area contributed by atoms with Crippen molar-refractivity contribution >= 4 is 22.7 Å². The lowest BCUT2D eigenvalue weighted by Crippen LogP contribution is -2.32. The molecule has 1 amide bonds. The Morgan fingerprint density at radius 1 is 1.38 bits per heavy atom. The van der Waals surface area contributed by atoms with Crippen LogP contribution in [0.3, 0.4) is 0 Å². The van der Waals surface area contributed by atoms with Gasteiger partial charge in [0.25, 0.3) is 0 Å². The molecule has 24 heavy (non-hydrogen) atoms. The predicted octanol–water partition coefficient (Wildman–Crippen LogP) is 2.85. The highest BCUT2D eigenvalue weighted by atomic mass is 16.3. The quantitative estimate of drug-likeness (QED) is 0.799. The molecule has 3 heterocycles. The summed E-state index contributed by atoms with van der Waals surface area (Å²) in [6, 6.07) is -0.235. The number of hydrogen-bond acceptors (Lipinski definition) is 5. The maximum atomic E-state index is 12.3. The van der Waals surface area contributed by atoms with E-state index < -0.39 is 0 Å². The van der Waals surface area contributed by atoms with Crippen LogP contribution in [0.1, 0.15) is 55.8 Å². The summed E-state index contributed by atoms with van der Waals surface area (Å²) in [7, 11) is 0. The van der Waals surface area contributed by atoms with Gasteiger partial charge in [-0.2, -0.15) is 0 Å². The minimum Gasteiger partial charge on any atom is -0.443 e. The lowest BCUT2D eigenvalue weighted by atomic mass is 10.1. The number of carbonyl (C=O) groups is 1. The molecule has 0 aliphatic heterocycles. The second-order valence-corrected chi connectivity index (χ2v) is 6.66. The lowest BCUT2D eigenvalue weighted by molar-refractivity contribution is -0.125. The fourth-order valence-electron chi connectivity index (χ4n) is 3.43. The van der Waals surface area contributed by atoms with Gasteiger partial charge in [0.1, 0.15) is 12.1 Å². The monoisotopic (exact) mass is 327 g/mol. The van der Waals surface area contributed by atoms with Gasteiger partial charge in [0.05, 0.1) is 11.4 Å². The van der Waals surface area contributed by atoms with E-state index in [0.717, 1.165) is 42.4 Å². The first-order chi connectivity index (χ1) is 11.5.